The van der Waals surface area contributed by atoms with Gasteiger partial charge < -0.3 is 16.8 Å². The molecule has 0 atom stereocenters. The van der Waals surface area contributed by atoms with E-state index < -0.39 is 0 Å². The van der Waals surface area contributed by atoms with Crippen LogP contribution in [0.2, 0.25) is 0 Å². The van der Waals surface area contributed by atoms with Gasteiger partial charge in [-0.05, 0) is 35.9 Å². The van der Waals surface area contributed by atoms with Crippen molar-refractivity contribution in [2.75, 3.05) is 5.32 Å². The highest BCUT2D eigenvalue weighted by molar-refractivity contribution is 5.97. The van der Waals surface area contributed by atoms with Crippen molar-refractivity contribution >= 4 is 33.9 Å². The van der Waals surface area contributed by atoms with Crippen LogP contribution in [-0.2, 0) is 0 Å². The van der Waals surface area contributed by atoms with Crippen LogP contribution in [0.1, 0.15) is 0 Å². The highest BCUT2D eigenvalue weighted by atomic mass is 15.0. The normalized spacial score (nSPS) is 11.9. The summed E-state index contributed by atoms with van der Waals surface area (Å²) in [5, 5.41) is 5.30. The van der Waals surface area contributed by atoms with Crippen molar-refractivity contribution in [3.05, 3.63) is 67.1 Å². The molecule has 0 fully saturated rings. The van der Waals surface area contributed by atoms with Crippen molar-refractivity contribution < 1.29 is 0 Å². The first-order valence-corrected chi connectivity index (χ1v) is 7.05. The molecule has 0 radical (unpaired) electrons. The van der Waals surface area contributed by atoms with Crippen LogP contribution < -0.4 is 16.8 Å². The molecule has 0 saturated carbocycles. The Morgan fingerprint density at radius 3 is 2.70 bits per heavy atom. The lowest BCUT2D eigenvalue weighted by atomic mass is 10.1. The van der Waals surface area contributed by atoms with Crippen LogP contribution in [0.15, 0.2) is 72.1 Å². The monoisotopic (exact) mass is 304 g/mol. The zero-order valence-corrected chi connectivity index (χ0v) is 12.3. The van der Waals surface area contributed by atoms with Crippen LogP contribution in [0.4, 0.5) is 17.3 Å². The molecule has 3 aromatic rings. The van der Waals surface area contributed by atoms with Gasteiger partial charge in [0.05, 0.1) is 0 Å². The van der Waals surface area contributed by atoms with Gasteiger partial charge in [0.2, 0.25) is 0 Å². The van der Waals surface area contributed by atoms with E-state index >= 15 is 0 Å². The summed E-state index contributed by atoms with van der Waals surface area (Å²) >= 11 is 0. The highest BCUT2D eigenvalue weighted by Gasteiger charge is 2.06. The van der Waals surface area contributed by atoms with Gasteiger partial charge >= 0.3 is 0 Å². The number of nitrogens with zero attached hydrogens (tertiary/aromatic N) is 3. The SMILES string of the molecule is N/C=C\C(N)=N/c1cc2ccccc2c(Nc2ccncc2)n1. The maximum Gasteiger partial charge on any atom is 0.157 e. The minimum Gasteiger partial charge on any atom is -0.404 e. The Bertz CT molecular complexity index is 871. The summed E-state index contributed by atoms with van der Waals surface area (Å²) in [4.78, 5) is 12.8. The molecule has 1 aromatic carbocycles. The topological polar surface area (TPSA) is 102 Å². The fourth-order valence-electron chi connectivity index (χ4n) is 2.18. The fraction of sp³-hybridized carbons (Fsp3) is 0. The second kappa shape index (κ2) is 6.57. The number of rotatable bonds is 4. The number of nitrogens with one attached hydrogen (secondary N) is 1. The lowest BCUT2D eigenvalue weighted by Gasteiger charge is -2.10. The van der Waals surface area contributed by atoms with Gasteiger partial charge in [-0.15, -0.1) is 0 Å². The van der Waals surface area contributed by atoms with E-state index in [1.54, 1.807) is 12.4 Å². The molecule has 2 heterocycles. The number of hydrogen-bond donors (Lipinski definition) is 3. The first kappa shape index (κ1) is 14.5. The Labute approximate surface area is 133 Å². The molecule has 0 bridgehead atoms. The third-order valence-electron chi connectivity index (χ3n) is 3.18. The third kappa shape index (κ3) is 3.44. The summed E-state index contributed by atoms with van der Waals surface area (Å²) in [6.45, 7) is 0. The Morgan fingerprint density at radius 1 is 1.13 bits per heavy atom. The number of hydrogen-bond acceptors (Lipinski definition) is 5. The zero-order chi connectivity index (χ0) is 16.1. The molecule has 0 unspecified atom stereocenters. The number of anilines is 2. The number of fused-ring (bicyclic) bond motifs is 1. The standard InChI is InChI=1S/C17H16N6/c18-8-5-15(19)22-16-11-12-3-1-2-4-14(12)17(23-16)21-13-6-9-20-10-7-13/h1-11H,18H2,(H3,19,20,21,22,23)/b8-5-. The van der Waals surface area contributed by atoms with Gasteiger partial charge in [0.15, 0.2) is 5.82 Å². The van der Waals surface area contributed by atoms with Gasteiger partial charge in [-0.1, -0.05) is 24.3 Å². The molecule has 3 rings (SSSR count). The van der Waals surface area contributed by atoms with Crippen LogP contribution in [0.3, 0.4) is 0 Å². The van der Waals surface area contributed by atoms with E-state index in [2.05, 4.69) is 20.3 Å². The maximum absolute atomic E-state index is 5.78. The summed E-state index contributed by atoms with van der Waals surface area (Å²) in [5.74, 6) is 1.51. The van der Waals surface area contributed by atoms with Crippen LogP contribution in [-0.4, -0.2) is 15.8 Å². The third-order valence-corrected chi connectivity index (χ3v) is 3.18. The second-order valence-corrected chi connectivity index (χ2v) is 4.81. The number of amidine groups is 1. The molecule has 23 heavy (non-hydrogen) atoms. The van der Waals surface area contributed by atoms with E-state index in [1.807, 2.05) is 42.5 Å². The minimum absolute atomic E-state index is 0.296. The van der Waals surface area contributed by atoms with Crippen molar-refractivity contribution in [3.8, 4) is 0 Å². The lowest BCUT2D eigenvalue weighted by Crippen LogP contribution is -2.08. The average molecular weight is 304 g/mol. The van der Waals surface area contributed by atoms with E-state index in [-0.39, 0.29) is 0 Å². The van der Waals surface area contributed by atoms with Crippen LogP contribution in [0.25, 0.3) is 10.8 Å². The molecule has 5 N–H and O–H groups in total. The highest BCUT2D eigenvalue weighted by Crippen LogP contribution is 2.28. The van der Waals surface area contributed by atoms with Crippen molar-refractivity contribution in [1.29, 1.82) is 0 Å². The largest absolute Gasteiger partial charge is 0.404 e. The molecule has 0 saturated heterocycles. The quantitative estimate of drug-likeness (QED) is 0.508. The van der Waals surface area contributed by atoms with Crippen LogP contribution >= 0.6 is 0 Å². The van der Waals surface area contributed by atoms with Crippen molar-refractivity contribution in [2.45, 2.75) is 0 Å². The first-order chi connectivity index (χ1) is 11.3. The molecule has 0 aliphatic carbocycles. The number of benzene rings is 1. The zero-order valence-electron chi connectivity index (χ0n) is 12.3. The van der Waals surface area contributed by atoms with Crippen molar-refractivity contribution in [2.24, 2.45) is 16.5 Å². The molecular weight excluding hydrogens is 288 g/mol. The Hall–Kier alpha value is -3.41. The van der Waals surface area contributed by atoms with Gasteiger partial charge in [-0.25, -0.2) is 9.98 Å². The second-order valence-electron chi connectivity index (χ2n) is 4.81. The maximum atomic E-state index is 5.78. The number of aromatic nitrogens is 2. The molecule has 0 aliphatic rings. The molecule has 6 heteroatoms. The summed E-state index contributed by atoms with van der Waals surface area (Å²) < 4.78 is 0. The van der Waals surface area contributed by atoms with E-state index in [0.717, 1.165) is 16.5 Å². The van der Waals surface area contributed by atoms with Gasteiger partial charge in [-0.3, -0.25) is 4.98 Å². The molecule has 6 nitrogen and oxygen atoms in total. The summed E-state index contributed by atoms with van der Waals surface area (Å²) in [6.07, 6.45) is 6.30. The molecule has 2 aromatic heterocycles. The minimum atomic E-state index is 0.296. The van der Waals surface area contributed by atoms with Gasteiger partial charge in [-0.2, -0.15) is 0 Å². The van der Waals surface area contributed by atoms with E-state index in [9.17, 15) is 0 Å². The van der Waals surface area contributed by atoms with Gasteiger partial charge in [0.25, 0.3) is 0 Å². The Kier molecular flexibility index (Phi) is 4.15. The number of pyridine rings is 2. The lowest BCUT2D eigenvalue weighted by molar-refractivity contribution is 1.27. The van der Waals surface area contributed by atoms with Crippen LogP contribution in [0, 0.1) is 0 Å². The van der Waals surface area contributed by atoms with Crippen LogP contribution in [0.5, 0.6) is 0 Å². The Balaban J connectivity index is 2.09. The van der Waals surface area contributed by atoms with Crippen molar-refractivity contribution in [1.82, 2.24) is 9.97 Å². The predicted octanol–water partition coefficient (Wildman–Crippen LogP) is 2.83. The molecule has 114 valence electrons. The molecule has 0 amide bonds. The van der Waals surface area contributed by atoms with Crippen molar-refractivity contribution in [3.63, 3.8) is 0 Å². The van der Waals surface area contributed by atoms with E-state index in [1.165, 1.54) is 12.3 Å². The summed E-state index contributed by atoms with van der Waals surface area (Å²) in [5.41, 5.74) is 12.0. The molecule has 0 spiro atoms. The number of aliphatic imine (C=N–C) groups is 1. The van der Waals surface area contributed by atoms with E-state index in [0.29, 0.717) is 17.5 Å². The molecule has 0 aliphatic heterocycles. The van der Waals surface area contributed by atoms with Gasteiger partial charge in [0, 0.05) is 23.5 Å². The first-order valence-electron chi connectivity index (χ1n) is 7.05. The predicted molar refractivity (Wildman–Crippen MR) is 93.9 cm³/mol. The Morgan fingerprint density at radius 2 is 1.91 bits per heavy atom. The average Bonchev–Trinajstić information content (AvgIpc) is 2.56. The van der Waals surface area contributed by atoms with E-state index in [4.69, 9.17) is 11.5 Å². The smallest absolute Gasteiger partial charge is 0.157 e. The summed E-state index contributed by atoms with van der Waals surface area (Å²) in [7, 11) is 0. The number of nitrogens with two attached hydrogens (primary N) is 2. The fourth-order valence-corrected chi connectivity index (χ4v) is 2.18. The molecular formula is C17H16N6. The van der Waals surface area contributed by atoms with Gasteiger partial charge in [0.1, 0.15) is 11.7 Å². The summed E-state index contributed by atoms with van der Waals surface area (Å²) in [6, 6.07) is 13.6.